The van der Waals surface area contributed by atoms with Crippen molar-refractivity contribution in [3.8, 4) is 0 Å². The Kier molecular flexibility index (Phi) is 4.16. The highest BCUT2D eigenvalue weighted by Crippen LogP contribution is 2.50. The molecular formula is C24H28N2OS. The summed E-state index contributed by atoms with van der Waals surface area (Å²) in [5.41, 5.74) is 5.89. The largest absolute Gasteiger partial charge is 0.371 e. The third-order valence-electron chi connectivity index (χ3n) is 6.36. The molecule has 1 aliphatic carbocycles. The topological polar surface area (TPSA) is 32.3 Å². The molecule has 1 aromatic heterocycles. The molecule has 3 heterocycles. The quantitative estimate of drug-likeness (QED) is 0.695. The fourth-order valence-electron chi connectivity index (χ4n) is 5.08. The van der Waals surface area contributed by atoms with E-state index in [2.05, 4.69) is 61.3 Å². The molecule has 1 N–H and O–H groups in total. The van der Waals surface area contributed by atoms with Crippen LogP contribution in [0, 0.1) is 12.3 Å². The molecule has 3 aliphatic rings. The van der Waals surface area contributed by atoms with E-state index < -0.39 is 0 Å². The normalized spacial score (nSPS) is 23.5. The first kappa shape index (κ1) is 18.0. The standard InChI is InChI=1S/C24H28N2OS/c1-15-6-9-21(28-15)22-17-8-7-16(26-10-4-5-11-26)12-18(17)25-19-13-24(2,3)14-20(27)23(19)22/h6-9,12,22,25H,4-5,10-11,13-14H2,1-3H3. The van der Waals surface area contributed by atoms with Crippen molar-refractivity contribution in [2.75, 3.05) is 23.3 Å². The fraction of sp³-hybridized carbons (Fsp3) is 0.458. The minimum atomic E-state index is 0.0168. The Balaban J connectivity index is 1.64. The van der Waals surface area contributed by atoms with Gasteiger partial charge >= 0.3 is 0 Å². The molecule has 28 heavy (non-hydrogen) atoms. The predicted octanol–water partition coefficient (Wildman–Crippen LogP) is 5.86. The molecular weight excluding hydrogens is 364 g/mol. The van der Waals surface area contributed by atoms with Gasteiger partial charge in [0.2, 0.25) is 0 Å². The van der Waals surface area contributed by atoms with Crippen LogP contribution in [0.25, 0.3) is 0 Å². The Labute approximate surface area is 171 Å². The van der Waals surface area contributed by atoms with E-state index in [1.165, 1.54) is 39.5 Å². The van der Waals surface area contributed by atoms with Gasteiger partial charge in [0.1, 0.15) is 0 Å². The number of ketones is 1. The van der Waals surface area contributed by atoms with Gasteiger partial charge in [-0.3, -0.25) is 4.79 Å². The number of hydrogen-bond acceptors (Lipinski definition) is 4. The number of aryl methyl sites for hydroxylation is 1. The zero-order chi connectivity index (χ0) is 19.5. The molecule has 0 saturated carbocycles. The summed E-state index contributed by atoms with van der Waals surface area (Å²) in [5, 5.41) is 3.69. The summed E-state index contributed by atoms with van der Waals surface area (Å²) in [4.78, 5) is 18.3. The minimum Gasteiger partial charge on any atom is -0.371 e. The maximum Gasteiger partial charge on any atom is 0.162 e. The lowest BCUT2D eigenvalue weighted by atomic mass is 9.70. The van der Waals surface area contributed by atoms with Crippen molar-refractivity contribution in [2.24, 2.45) is 5.41 Å². The van der Waals surface area contributed by atoms with Crippen LogP contribution in [0.1, 0.15) is 60.8 Å². The van der Waals surface area contributed by atoms with Crippen LogP contribution in [-0.2, 0) is 4.79 Å². The Bertz CT molecular complexity index is 978. The van der Waals surface area contributed by atoms with Crippen LogP contribution in [0.2, 0.25) is 0 Å². The summed E-state index contributed by atoms with van der Waals surface area (Å²) in [6.07, 6.45) is 4.12. The van der Waals surface area contributed by atoms with Gasteiger partial charge in [-0.15, -0.1) is 11.3 Å². The van der Waals surface area contributed by atoms with Crippen LogP contribution in [0.15, 0.2) is 41.6 Å². The van der Waals surface area contributed by atoms with Gasteiger partial charge in [-0.1, -0.05) is 19.9 Å². The predicted molar refractivity (Wildman–Crippen MR) is 117 cm³/mol. The molecule has 0 bridgehead atoms. The lowest BCUT2D eigenvalue weighted by Gasteiger charge is -2.39. The van der Waals surface area contributed by atoms with E-state index in [0.717, 1.165) is 30.8 Å². The van der Waals surface area contributed by atoms with Crippen molar-refractivity contribution in [3.05, 3.63) is 56.9 Å². The number of carbonyl (C=O) groups is 1. The van der Waals surface area contributed by atoms with Gasteiger partial charge in [0.05, 0.1) is 5.92 Å². The molecule has 4 heteroatoms. The van der Waals surface area contributed by atoms with Gasteiger partial charge in [0.25, 0.3) is 0 Å². The highest BCUT2D eigenvalue weighted by Gasteiger charge is 2.41. The second-order valence-electron chi connectivity index (χ2n) is 9.31. The van der Waals surface area contributed by atoms with Crippen LogP contribution in [0.3, 0.4) is 0 Å². The van der Waals surface area contributed by atoms with Gasteiger partial charge in [-0.05, 0) is 61.4 Å². The number of thiophene rings is 1. The number of benzene rings is 1. The third-order valence-corrected chi connectivity index (χ3v) is 7.42. The van der Waals surface area contributed by atoms with E-state index in [1.807, 2.05) is 11.3 Å². The molecule has 1 atom stereocenters. The molecule has 1 fully saturated rings. The Morgan fingerprint density at radius 3 is 2.61 bits per heavy atom. The summed E-state index contributed by atoms with van der Waals surface area (Å²) < 4.78 is 0. The second-order valence-corrected chi connectivity index (χ2v) is 10.6. The number of fused-ring (bicyclic) bond motifs is 1. The summed E-state index contributed by atoms with van der Waals surface area (Å²) in [6.45, 7) is 8.85. The summed E-state index contributed by atoms with van der Waals surface area (Å²) in [5.74, 6) is 0.380. The molecule has 1 saturated heterocycles. The lowest BCUT2D eigenvalue weighted by Crippen LogP contribution is -2.33. The fourth-order valence-corrected chi connectivity index (χ4v) is 6.09. The van der Waals surface area contributed by atoms with Gasteiger partial charge < -0.3 is 10.2 Å². The molecule has 2 aliphatic heterocycles. The SMILES string of the molecule is Cc1ccc(C2C3=C(CC(C)(C)CC3=O)Nc3cc(N4CCCC4)ccc32)s1. The molecule has 2 aromatic rings. The number of nitrogens with one attached hydrogen (secondary N) is 1. The van der Waals surface area contributed by atoms with Crippen molar-refractivity contribution in [1.29, 1.82) is 0 Å². The van der Waals surface area contributed by atoms with Gasteiger partial charge in [0, 0.05) is 51.9 Å². The number of anilines is 2. The number of nitrogens with zero attached hydrogens (tertiary/aromatic N) is 1. The summed E-state index contributed by atoms with van der Waals surface area (Å²) in [6, 6.07) is 11.2. The van der Waals surface area contributed by atoms with E-state index in [-0.39, 0.29) is 11.3 Å². The summed E-state index contributed by atoms with van der Waals surface area (Å²) in [7, 11) is 0. The monoisotopic (exact) mass is 392 g/mol. The molecule has 1 aromatic carbocycles. The number of allylic oxidation sites excluding steroid dienone is 2. The first-order valence-electron chi connectivity index (χ1n) is 10.4. The molecule has 5 rings (SSSR count). The Hall–Kier alpha value is -2.07. The van der Waals surface area contributed by atoms with E-state index >= 15 is 0 Å². The zero-order valence-electron chi connectivity index (χ0n) is 17.0. The third kappa shape index (κ3) is 2.98. The number of hydrogen-bond donors (Lipinski definition) is 1. The molecule has 0 spiro atoms. The van der Waals surface area contributed by atoms with Crippen LogP contribution >= 0.6 is 11.3 Å². The number of rotatable bonds is 2. The van der Waals surface area contributed by atoms with Crippen molar-refractivity contribution < 1.29 is 4.79 Å². The lowest BCUT2D eigenvalue weighted by molar-refractivity contribution is -0.118. The van der Waals surface area contributed by atoms with E-state index in [9.17, 15) is 4.79 Å². The van der Waals surface area contributed by atoms with E-state index in [0.29, 0.717) is 12.2 Å². The zero-order valence-corrected chi connectivity index (χ0v) is 17.8. The van der Waals surface area contributed by atoms with E-state index in [1.54, 1.807) is 0 Å². The molecule has 1 unspecified atom stereocenters. The molecule has 0 amide bonds. The van der Waals surface area contributed by atoms with Crippen LogP contribution in [0.4, 0.5) is 11.4 Å². The van der Waals surface area contributed by atoms with Crippen molar-refractivity contribution in [1.82, 2.24) is 0 Å². The van der Waals surface area contributed by atoms with Crippen molar-refractivity contribution >= 4 is 28.5 Å². The number of Topliss-reactive ketones (excluding diaryl/α,β-unsaturated/α-hetero) is 1. The average molecular weight is 393 g/mol. The van der Waals surface area contributed by atoms with Crippen LogP contribution in [0.5, 0.6) is 0 Å². The van der Waals surface area contributed by atoms with Gasteiger partial charge in [-0.2, -0.15) is 0 Å². The second kappa shape index (κ2) is 6.48. The first-order valence-corrected chi connectivity index (χ1v) is 11.2. The maximum atomic E-state index is 13.2. The van der Waals surface area contributed by atoms with Crippen LogP contribution < -0.4 is 10.2 Å². The first-order chi connectivity index (χ1) is 13.4. The minimum absolute atomic E-state index is 0.0168. The van der Waals surface area contributed by atoms with Crippen LogP contribution in [-0.4, -0.2) is 18.9 Å². The van der Waals surface area contributed by atoms with Crippen molar-refractivity contribution in [3.63, 3.8) is 0 Å². The Morgan fingerprint density at radius 1 is 1.11 bits per heavy atom. The van der Waals surface area contributed by atoms with Gasteiger partial charge in [-0.25, -0.2) is 0 Å². The van der Waals surface area contributed by atoms with E-state index in [4.69, 9.17) is 0 Å². The maximum absolute atomic E-state index is 13.2. The highest BCUT2D eigenvalue weighted by atomic mass is 32.1. The molecule has 0 radical (unpaired) electrons. The highest BCUT2D eigenvalue weighted by molar-refractivity contribution is 7.12. The van der Waals surface area contributed by atoms with Gasteiger partial charge in [0.15, 0.2) is 5.78 Å². The smallest absolute Gasteiger partial charge is 0.162 e. The molecule has 146 valence electrons. The summed E-state index contributed by atoms with van der Waals surface area (Å²) >= 11 is 1.82. The Morgan fingerprint density at radius 2 is 1.89 bits per heavy atom. The number of carbonyl (C=O) groups excluding carboxylic acids is 1. The van der Waals surface area contributed by atoms with Crippen molar-refractivity contribution in [2.45, 2.75) is 52.4 Å². The molecule has 3 nitrogen and oxygen atoms in total. The average Bonchev–Trinajstić information content (AvgIpc) is 3.30.